The first-order valence-electron chi connectivity index (χ1n) is 5.99. The molecule has 1 aromatic carbocycles. The van der Waals surface area contributed by atoms with Gasteiger partial charge < -0.3 is 9.88 Å². The summed E-state index contributed by atoms with van der Waals surface area (Å²) in [6.45, 7) is 4.67. The molecule has 0 aliphatic carbocycles. The van der Waals surface area contributed by atoms with Crippen molar-refractivity contribution in [2.75, 3.05) is 6.54 Å². The third-order valence-corrected chi connectivity index (χ3v) is 3.43. The van der Waals surface area contributed by atoms with E-state index in [0.717, 1.165) is 35.2 Å². The van der Waals surface area contributed by atoms with E-state index >= 15 is 0 Å². The first kappa shape index (κ1) is 13.5. The summed E-state index contributed by atoms with van der Waals surface area (Å²) in [5.74, 6) is 0. The Kier molecular flexibility index (Phi) is 4.70. The van der Waals surface area contributed by atoms with Crippen LogP contribution in [-0.4, -0.2) is 11.1 Å². The molecule has 2 aromatic rings. The van der Waals surface area contributed by atoms with E-state index in [1.165, 1.54) is 5.69 Å². The lowest BCUT2D eigenvalue weighted by Gasteiger charge is -2.11. The fraction of sp³-hybridized carbons (Fsp3) is 0.286. The predicted molar refractivity (Wildman–Crippen MR) is 77.4 cm³/mol. The summed E-state index contributed by atoms with van der Waals surface area (Å²) < 4.78 is 2.18. The van der Waals surface area contributed by atoms with Crippen molar-refractivity contribution < 1.29 is 0 Å². The molecule has 1 heterocycles. The van der Waals surface area contributed by atoms with Crippen LogP contribution >= 0.6 is 23.2 Å². The van der Waals surface area contributed by atoms with Crippen LogP contribution in [0.5, 0.6) is 0 Å². The number of nitrogens with one attached hydrogen (secondary N) is 1. The highest BCUT2D eigenvalue weighted by molar-refractivity contribution is 6.33. The van der Waals surface area contributed by atoms with Crippen molar-refractivity contribution in [3.63, 3.8) is 0 Å². The van der Waals surface area contributed by atoms with E-state index in [1.807, 2.05) is 24.3 Å². The Balaban J connectivity index is 2.18. The van der Waals surface area contributed by atoms with Gasteiger partial charge in [-0.1, -0.05) is 30.1 Å². The van der Waals surface area contributed by atoms with Gasteiger partial charge in [-0.05, 0) is 42.4 Å². The van der Waals surface area contributed by atoms with Gasteiger partial charge in [-0.15, -0.1) is 0 Å². The zero-order valence-electron chi connectivity index (χ0n) is 10.3. The highest BCUT2D eigenvalue weighted by Gasteiger charge is 2.05. The lowest BCUT2D eigenvalue weighted by Crippen LogP contribution is -2.15. The molecule has 2 nitrogen and oxygen atoms in total. The quantitative estimate of drug-likeness (QED) is 0.879. The summed E-state index contributed by atoms with van der Waals surface area (Å²) in [4.78, 5) is 0. The Bertz CT molecular complexity index is 520. The number of hydrogen-bond acceptors (Lipinski definition) is 1. The Hall–Kier alpha value is -0.960. The van der Waals surface area contributed by atoms with Crippen molar-refractivity contribution in [3.8, 4) is 0 Å². The lowest BCUT2D eigenvalue weighted by molar-refractivity contribution is 0.657. The van der Waals surface area contributed by atoms with E-state index in [4.69, 9.17) is 23.2 Å². The summed E-state index contributed by atoms with van der Waals surface area (Å²) in [5.41, 5.74) is 2.28. The minimum atomic E-state index is 0.717. The van der Waals surface area contributed by atoms with Crippen LogP contribution < -0.4 is 5.32 Å². The monoisotopic (exact) mass is 282 g/mol. The second kappa shape index (κ2) is 6.28. The predicted octanol–water partition coefficient (Wildman–Crippen LogP) is 3.95. The number of halogens is 2. The van der Waals surface area contributed by atoms with E-state index in [-0.39, 0.29) is 0 Å². The number of benzene rings is 1. The Morgan fingerprint density at radius 1 is 1.22 bits per heavy atom. The molecule has 0 aliphatic rings. The smallest absolute Gasteiger partial charge is 0.0488 e. The van der Waals surface area contributed by atoms with Crippen LogP contribution in [0.25, 0.3) is 0 Å². The van der Waals surface area contributed by atoms with Crippen molar-refractivity contribution in [2.45, 2.75) is 20.0 Å². The molecule has 18 heavy (non-hydrogen) atoms. The summed E-state index contributed by atoms with van der Waals surface area (Å²) in [7, 11) is 0. The molecule has 0 saturated heterocycles. The van der Waals surface area contributed by atoms with E-state index in [1.54, 1.807) is 0 Å². The van der Waals surface area contributed by atoms with Gasteiger partial charge >= 0.3 is 0 Å². The van der Waals surface area contributed by atoms with Gasteiger partial charge in [0.1, 0.15) is 0 Å². The highest BCUT2D eigenvalue weighted by atomic mass is 35.5. The molecule has 0 saturated carbocycles. The molecule has 0 amide bonds. The topological polar surface area (TPSA) is 17.0 Å². The zero-order chi connectivity index (χ0) is 13.0. The molecule has 0 atom stereocenters. The van der Waals surface area contributed by atoms with Gasteiger partial charge in [0.05, 0.1) is 0 Å². The number of hydrogen-bond donors (Lipinski definition) is 1. The molecule has 4 heteroatoms. The molecule has 0 spiro atoms. The van der Waals surface area contributed by atoms with E-state index in [9.17, 15) is 0 Å². The van der Waals surface area contributed by atoms with E-state index in [2.05, 4.69) is 29.1 Å². The van der Waals surface area contributed by atoms with Crippen molar-refractivity contribution >= 4 is 23.2 Å². The summed E-state index contributed by atoms with van der Waals surface area (Å²) in [6.07, 6.45) is 2.06. The van der Waals surface area contributed by atoms with Crippen LogP contribution in [0.4, 0.5) is 0 Å². The Morgan fingerprint density at radius 2 is 2.06 bits per heavy atom. The van der Waals surface area contributed by atoms with Gasteiger partial charge in [0.25, 0.3) is 0 Å². The fourth-order valence-corrected chi connectivity index (χ4v) is 2.24. The summed E-state index contributed by atoms with van der Waals surface area (Å²) in [5, 5.41) is 4.79. The fourth-order valence-electron chi connectivity index (χ4n) is 1.87. The SMILES string of the molecule is CCNCc1cccn1Cc1cc(Cl)ccc1Cl. The molecule has 96 valence electrons. The first-order chi connectivity index (χ1) is 8.70. The molecule has 0 unspecified atom stereocenters. The maximum absolute atomic E-state index is 6.18. The average molecular weight is 283 g/mol. The van der Waals surface area contributed by atoms with Gasteiger partial charge in [-0.2, -0.15) is 0 Å². The third kappa shape index (κ3) is 3.29. The third-order valence-electron chi connectivity index (χ3n) is 2.83. The molecular weight excluding hydrogens is 267 g/mol. The van der Waals surface area contributed by atoms with Crippen LogP contribution in [0.3, 0.4) is 0 Å². The molecular formula is C14H16Cl2N2. The summed E-state index contributed by atoms with van der Waals surface area (Å²) >= 11 is 12.2. The molecule has 0 radical (unpaired) electrons. The van der Waals surface area contributed by atoms with Crippen molar-refractivity contribution in [2.24, 2.45) is 0 Å². The molecule has 0 bridgehead atoms. The van der Waals surface area contributed by atoms with Crippen molar-refractivity contribution in [1.82, 2.24) is 9.88 Å². The molecule has 0 fully saturated rings. The van der Waals surface area contributed by atoms with Gasteiger partial charge in [-0.3, -0.25) is 0 Å². The standard InChI is InChI=1S/C14H16Cl2N2/c1-2-17-9-13-4-3-7-18(13)10-11-8-12(15)5-6-14(11)16/h3-8,17H,2,9-10H2,1H3. The van der Waals surface area contributed by atoms with Crippen LogP contribution in [0.1, 0.15) is 18.2 Å². The normalized spacial score (nSPS) is 10.8. The largest absolute Gasteiger partial charge is 0.346 e. The number of rotatable bonds is 5. The van der Waals surface area contributed by atoms with Gasteiger partial charge in [0.15, 0.2) is 0 Å². The minimum absolute atomic E-state index is 0.717. The molecule has 2 rings (SSSR count). The van der Waals surface area contributed by atoms with Gasteiger partial charge in [0.2, 0.25) is 0 Å². The second-order valence-corrected chi connectivity index (χ2v) is 4.99. The zero-order valence-corrected chi connectivity index (χ0v) is 11.8. The molecule has 1 N–H and O–H groups in total. The lowest BCUT2D eigenvalue weighted by atomic mass is 10.2. The molecule has 0 aliphatic heterocycles. The van der Waals surface area contributed by atoms with Crippen LogP contribution in [0, 0.1) is 0 Å². The summed E-state index contributed by atoms with van der Waals surface area (Å²) in [6, 6.07) is 9.72. The highest BCUT2D eigenvalue weighted by Crippen LogP contribution is 2.22. The van der Waals surface area contributed by atoms with Gasteiger partial charge in [0, 0.05) is 35.0 Å². The maximum Gasteiger partial charge on any atom is 0.0488 e. The van der Waals surface area contributed by atoms with Crippen molar-refractivity contribution in [1.29, 1.82) is 0 Å². The first-order valence-corrected chi connectivity index (χ1v) is 6.75. The van der Waals surface area contributed by atoms with Crippen LogP contribution in [0.2, 0.25) is 10.0 Å². The number of aromatic nitrogens is 1. The van der Waals surface area contributed by atoms with Gasteiger partial charge in [-0.25, -0.2) is 0 Å². The number of nitrogens with zero attached hydrogens (tertiary/aromatic N) is 1. The maximum atomic E-state index is 6.18. The molecule has 1 aromatic heterocycles. The van der Waals surface area contributed by atoms with E-state index in [0.29, 0.717) is 0 Å². The Labute approximate surface area is 118 Å². The van der Waals surface area contributed by atoms with Crippen LogP contribution in [0.15, 0.2) is 36.5 Å². The Morgan fingerprint density at radius 3 is 2.83 bits per heavy atom. The van der Waals surface area contributed by atoms with Crippen LogP contribution in [-0.2, 0) is 13.1 Å². The second-order valence-electron chi connectivity index (χ2n) is 4.14. The van der Waals surface area contributed by atoms with Crippen molar-refractivity contribution in [3.05, 3.63) is 57.8 Å². The van der Waals surface area contributed by atoms with E-state index < -0.39 is 0 Å². The minimum Gasteiger partial charge on any atom is -0.346 e. The average Bonchev–Trinajstić information content (AvgIpc) is 2.79.